The molecule has 0 spiro atoms. The van der Waals surface area contributed by atoms with Gasteiger partial charge < -0.3 is 15.0 Å². The molecule has 1 aliphatic rings. The van der Waals surface area contributed by atoms with E-state index in [9.17, 15) is 18.0 Å². The van der Waals surface area contributed by atoms with Gasteiger partial charge in [0.15, 0.2) is 0 Å². The molecule has 0 saturated carbocycles. The molecule has 0 atom stereocenters. The lowest BCUT2D eigenvalue weighted by Gasteiger charge is -2.27. The SMILES string of the molecule is CNC(=O)CCNS(=O)(=O)c1cc(C(=O)N2CCCCC2)ccc1OC. The molecule has 1 heterocycles. The Morgan fingerprint density at radius 3 is 2.50 bits per heavy atom. The second kappa shape index (κ2) is 9.00. The zero-order chi connectivity index (χ0) is 19.2. The van der Waals surface area contributed by atoms with E-state index in [0.717, 1.165) is 19.3 Å². The number of hydrogen-bond donors (Lipinski definition) is 2. The van der Waals surface area contributed by atoms with Gasteiger partial charge in [-0.3, -0.25) is 9.59 Å². The first kappa shape index (κ1) is 20.2. The van der Waals surface area contributed by atoms with Crippen LogP contribution in [0.5, 0.6) is 5.75 Å². The Bertz CT molecular complexity index is 758. The largest absolute Gasteiger partial charge is 0.495 e. The lowest BCUT2D eigenvalue weighted by molar-refractivity contribution is -0.120. The van der Waals surface area contributed by atoms with E-state index in [4.69, 9.17) is 4.74 Å². The molecule has 1 fully saturated rings. The highest BCUT2D eigenvalue weighted by atomic mass is 32.2. The van der Waals surface area contributed by atoms with Gasteiger partial charge in [0.2, 0.25) is 15.9 Å². The van der Waals surface area contributed by atoms with Crippen molar-refractivity contribution in [1.82, 2.24) is 14.9 Å². The monoisotopic (exact) mass is 383 g/mol. The van der Waals surface area contributed by atoms with Crippen LogP contribution in [0.4, 0.5) is 0 Å². The van der Waals surface area contributed by atoms with E-state index in [1.54, 1.807) is 11.0 Å². The molecule has 2 rings (SSSR count). The minimum Gasteiger partial charge on any atom is -0.495 e. The van der Waals surface area contributed by atoms with Crippen molar-refractivity contribution in [1.29, 1.82) is 0 Å². The molecule has 9 heteroatoms. The van der Waals surface area contributed by atoms with Gasteiger partial charge in [0.05, 0.1) is 7.11 Å². The topological polar surface area (TPSA) is 105 Å². The van der Waals surface area contributed by atoms with Crippen molar-refractivity contribution < 1.29 is 22.7 Å². The van der Waals surface area contributed by atoms with Gasteiger partial charge in [0, 0.05) is 38.7 Å². The molecule has 0 aromatic heterocycles. The number of carbonyl (C=O) groups excluding carboxylic acids is 2. The molecule has 1 saturated heterocycles. The number of benzene rings is 1. The fourth-order valence-corrected chi connectivity index (χ4v) is 4.03. The van der Waals surface area contributed by atoms with E-state index in [1.807, 2.05) is 0 Å². The van der Waals surface area contributed by atoms with Gasteiger partial charge in [0.25, 0.3) is 5.91 Å². The van der Waals surface area contributed by atoms with Gasteiger partial charge in [-0.25, -0.2) is 13.1 Å². The van der Waals surface area contributed by atoms with Crippen LogP contribution >= 0.6 is 0 Å². The van der Waals surface area contributed by atoms with Crippen LogP contribution in [0, 0.1) is 0 Å². The summed E-state index contributed by atoms with van der Waals surface area (Å²) >= 11 is 0. The average Bonchev–Trinajstić information content (AvgIpc) is 2.67. The van der Waals surface area contributed by atoms with Crippen LogP contribution in [0.2, 0.25) is 0 Å². The molecular formula is C17H25N3O5S. The Morgan fingerprint density at radius 2 is 1.88 bits per heavy atom. The van der Waals surface area contributed by atoms with Crippen LogP contribution in [0.25, 0.3) is 0 Å². The number of likely N-dealkylation sites (tertiary alicyclic amines) is 1. The molecule has 1 aromatic carbocycles. The first-order valence-corrected chi connectivity index (χ1v) is 10.0. The molecule has 144 valence electrons. The number of sulfonamides is 1. The van der Waals surface area contributed by atoms with Crippen molar-refractivity contribution >= 4 is 21.8 Å². The first-order valence-electron chi connectivity index (χ1n) is 8.56. The van der Waals surface area contributed by atoms with Crippen molar-refractivity contribution in [2.45, 2.75) is 30.6 Å². The maximum atomic E-state index is 12.6. The Kier molecular flexibility index (Phi) is 6.98. The van der Waals surface area contributed by atoms with Gasteiger partial charge in [-0.05, 0) is 37.5 Å². The van der Waals surface area contributed by atoms with Crippen LogP contribution in [0.1, 0.15) is 36.0 Å². The Labute approximate surface area is 153 Å². The predicted octanol–water partition coefficient (Wildman–Crippen LogP) is 0.736. The summed E-state index contributed by atoms with van der Waals surface area (Å²) in [5, 5.41) is 2.43. The normalized spacial score (nSPS) is 14.8. The van der Waals surface area contributed by atoms with Crippen molar-refractivity contribution in [3.05, 3.63) is 23.8 Å². The van der Waals surface area contributed by atoms with Crippen LogP contribution in [-0.2, 0) is 14.8 Å². The van der Waals surface area contributed by atoms with E-state index in [1.165, 1.54) is 26.3 Å². The van der Waals surface area contributed by atoms with Crippen LogP contribution in [0.15, 0.2) is 23.1 Å². The third kappa shape index (κ3) is 4.95. The number of rotatable bonds is 7. The first-order chi connectivity index (χ1) is 12.4. The minimum atomic E-state index is -3.92. The molecule has 26 heavy (non-hydrogen) atoms. The molecule has 2 N–H and O–H groups in total. The van der Waals surface area contributed by atoms with Gasteiger partial charge in [-0.1, -0.05) is 0 Å². The highest BCUT2D eigenvalue weighted by Gasteiger charge is 2.24. The molecule has 0 aliphatic carbocycles. The summed E-state index contributed by atoms with van der Waals surface area (Å²) in [6, 6.07) is 4.38. The van der Waals surface area contributed by atoms with Crippen LogP contribution < -0.4 is 14.8 Å². The van der Waals surface area contributed by atoms with Crippen LogP contribution in [-0.4, -0.2) is 58.9 Å². The summed E-state index contributed by atoms with van der Waals surface area (Å²) in [6.07, 6.45) is 3.02. The fourth-order valence-electron chi connectivity index (χ4n) is 2.80. The van der Waals surface area contributed by atoms with Crippen molar-refractivity contribution in [3.63, 3.8) is 0 Å². The summed E-state index contributed by atoms with van der Waals surface area (Å²) in [5.41, 5.74) is 0.305. The second-order valence-electron chi connectivity index (χ2n) is 6.04. The van der Waals surface area contributed by atoms with Gasteiger partial charge in [-0.15, -0.1) is 0 Å². The molecule has 2 amide bonds. The van der Waals surface area contributed by atoms with E-state index < -0.39 is 10.0 Å². The number of nitrogens with one attached hydrogen (secondary N) is 2. The number of methoxy groups -OCH3 is 1. The lowest BCUT2D eigenvalue weighted by atomic mass is 10.1. The van der Waals surface area contributed by atoms with E-state index in [0.29, 0.717) is 18.7 Å². The van der Waals surface area contributed by atoms with Gasteiger partial charge in [0.1, 0.15) is 10.6 Å². The summed E-state index contributed by atoms with van der Waals surface area (Å²) in [7, 11) is -1.07. The summed E-state index contributed by atoms with van der Waals surface area (Å²) in [6.45, 7) is 1.31. The fraction of sp³-hybridized carbons (Fsp3) is 0.529. The molecule has 0 unspecified atom stereocenters. The Hall–Kier alpha value is -2.13. The lowest BCUT2D eigenvalue weighted by Crippen LogP contribution is -2.35. The minimum absolute atomic E-state index is 0.0183. The standard InChI is InChI=1S/C17H25N3O5S/c1-18-16(21)8-9-19-26(23,24)15-12-13(6-7-14(15)25-2)17(22)20-10-4-3-5-11-20/h6-7,12,19H,3-5,8-11H2,1-2H3,(H,18,21). The van der Waals surface area contributed by atoms with E-state index in [-0.39, 0.29) is 35.4 Å². The Morgan fingerprint density at radius 1 is 1.19 bits per heavy atom. The maximum absolute atomic E-state index is 12.6. The van der Waals surface area contributed by atoms with E-state index in [2.05, 4.69) is 10.0 Å². The van der Waals surface area contributed by atoms with Crippen molar-refractivity contribution in [2.24, 2.45) is 0 Å². The molecule has 0 radical (unpaired) electrons. The Balaban J connectivity index is 2.22. The molecule has 1 aromatic rings. The van der Waals surface area contributed by atoms with Crippen LogP contribution in [0.3, 0.4) is 0 Å². The maximum Gasteiger partial charge on any atom is 0.253 e. The number of piperidine rings is 1. The highest BCUT2D eigenvalue weighted by molar-refractivity contribution is 7.89. The highest BCUT2D eigenvalue weighted by Crippen LogP contribution is 2.26. The number of amides is 2. The van der Waals surface area contributed by atoms with Crippen molar-refractivity contribution in [2.75, 3.05) is 33.8 Å². The third-order valence-corrected chi connectivity index (χ3v) is 5.75. The smallest absolute Gasteiger partial charge is 0.253 e. The summed E-state index contributed by atoms with van der Waals surface area (Å²) in [4.78, 5) is 25.5. The number of carbonyl (C=O) groups is 2. The van der Waals surface area contributed by atoms with Gasteiger partial charge in [-0.2, -0.15) is 0 Å². The molecule has 0 bridgehead atoms. The quantitative estimate of drug-likeness (QED) is 0.722. The predicted molar refractivity (Wildman–Crippen MR) is 96.6 cm³/mol. The van der Waals surface area contributed by atoms with E-state index >= 15 is 0 Å². The summed E-state index contributed by atoms with van der Waals surface area (Å²) < 4.78 is 32.7. The van der Waals surface area contributed by atoms with Gasteiger partial charge >= 0.3 is 0 Å². The molecular weight excluding hydrogens is 358 g/mol. The number of hydrogen-bond acceptors (Lipinski definition) is 5. The number of ether oxygens (including phenoxy) is 1. The zero-order valence-corrected chi connectivity index (χ0v) is 15.9. The molecule has 1 aliphatic heterocycles. The molecule has 8 nitrogen and oxygen atoms in total. The zero-order valence-electron chi connectivity index (χ0n) is 15.1. The third-order valence-electron chi connectivity index (χ3n) is 4.27. The second-order valence-corrected chi connectivity index (χ2v) is 7.77. The number of nitrogens with zero attached hydrogens (tertiary/aromatic N) is 1. The summed E-state index contributed by atoms with van der Waals surface area (Å²) in [5.74, 6) is -0.310. The average molecular weight is 383 g/mol. The van der Waals surface area contributed by atoms with Crippen molar-refractivity contribution in [3.8, 4) is 5.75 Å².